The molecule has 144 valence electrons. The van der Waals surface area contributed by atoms with Gasteiger partial charge < -0.3 is 10.0 Å². The Bertz CT molecular complexity index is 805. The fourth-order valence-electron chi connectivity index (χ4n) is 3.92. The number of aryl methyl sites for hydroxylation is 1. The first-order valence-corrected chi connectivity index (χ1v) is 9.70. The molecule has 1 aliphatic heterocycles. The van der Waals surface area contributed by atoms with Crippen molar-refractivity contribution in [2.75, 3.05) is 26.7 Å². The lowest BCUT2D eigenvalue weighted by Gasteiger charge is -2.25. The van der Waals surface area contributed by atoms with Crippen LogP contribution in [0.25, 0.3) is 10.8 Å². The maximum atomic E-state index is 12.7. The van der Waals surface area contributed by atoms with Crippen molar-refractivity contribution in [3.05, 3.63) is 48.0 Å². The van der Waals surface area contributed by atoms with Gasteiger partial charge in [0.15, 0.2) is 0 Å². The molecular formula is C22H28N2O3. The maximum Gasteiger partial charge on any atom is 0.317 e. The van der Waals surface area contributed by atoms with E-state index < -0.39 is 5.97 Å². The number of carboxylic acids is 1. The Morgan fingerprint density at radius 3 is 2.67 bits per heavy atom. The number of hydrogen-bond donors (Lipinski definition) is 1. The molecule has 0 spiro atoms. The second-order valence-electron chi connectivity index (χ2n) is 7.46. The molecule has 0 aromatic heterocycles. The molecule has 1 heterocycles. The van der Waals surface area contributed by atoms with E-state index in [0.717, 1.165) is 32.2 Å². The van der Waals surface area contributed by atoms with E-state index in [1.807, 2.05) is 29.0 Å². The standard InChI is InChI=1S/C22H28N2O3/c1-23(16-22(26)27)20-7-4-13-24(14-12-20)21(25)11-9-17-8-10-18-5-2-3-6-19(18)15-17/h2-3,5-6,8,10,15,20H,4,7,9,11-14,16H2,1H3,(H,26,27). The number of aliphatic carboxylic acids is 1. The molecule has 0 bridgehead atoms. The van der Waals surface area contributed by atoms with E-state index in [4.69, 9.17) is 5.11 Å². The lowest BCUT2D eigenvalue weighted by Crippen LogP contribution is -2.37. The number of likely N-dealkylation sites (tertiary alicyclic amines) is 1. The van der Waals surface area contributed by atoms with Crippen molar-refractivity contribution < 1.29 is 14.7 Å². The molecule has 5 nitrogen and oxygen atoms in total. The highest BCUT2D eigenvalue weighted by molar-refractivity contribution is 5.83. The van der Waals surface area contributed by atoms with Crippen molar-refractivity contribution in [1.82, 2.24) is 9.80 Å². The zero-order valence-electron chi connectivity index (χ0n) is 15.9. The van der Waals surface area contributed by atoms with Gasteiger partial charge in [-0.15, -0.1) is 0 Å². The average molecular weight is 368 g/mol. The molecule has 1 fully saturated rings. The summed E-state index contributed by atoms with van der Waals surface area (Å²) in [5, 5.41) is 11.4. The molecule has 1 saturated heterocycles. The van der Waals surface area contributed by atoms with E-state index in [0.29, 0.717) is 13.0 Å². The van der Waals surface area contributed by atoms with Gasteiger partial charge in [0.25, 0.3) is 0 Å². The van der Waals surface area contributed by atoms with Crippen LogP contribution in [0.3, 0.4) is 0 Å². The molecule has 1 atom stereocenters. The Morgan fingerprint density at radius 2 is 1.89 bits per heavy atom. The summed E-state index contributed by atoms with van der Waals surface area (Å²) in [5.41, 5.74) is 1.19. The minimum atomic E-state index is -0.801. The lowest BCUT2D eigenvalue weighted by molar-refractivity contribution is -0.138. The zero-order valence-corrected chi connectivity index (χ0v) is 15.9. The quantitative estimate of drug-likeness (QED) is 0.851. The number of fused-ring (bicyclic) bond motifs is 1. The topological polar surface area (TPSA) is 60.9 Å². The highest BCUT2D eigenvalue weighted by Gasteiger charge is 2.23. The monoisotopic (exact) mass is 368 g/mol. The lowest BCUT2D eigenvalue weighted by atomic mass is 10.0. The summed E-state index contributed by atoms with van der Waals surface area (Å²) in [6.45, 7) is 1.54. The van der Waals surface area contributed by atoms with Gasteiger partial charge in [0.05, 0.1) is 6.54 Å². The summed E-state index contributed by atoms with van der Waals surface area (Å²) in [4.78, 5) is 27.4. The van der Waals surface area contributed by atoms with Crippen molar-refractivity contribution in [3.63, 3.8) is 0 Å². The van der Waals surface area contributed by atoms with Gasteiger partial charge in [0, 0.05) is 25.6 Å². The SMILES string of the molecule is CN(CC(=O)O)C1CCCN(C(=O)CCc2ccc3ccccc3c2)CC1. The number of likely N-dealkylation sites (N-methyl/N-ethyl adjacent to an activating group) is 1. The van der Waals surface area contributed by atoms with Crippen molar-refractivity contribution in [2.45, 2.75) is 38.1 Å². The summed E-state index contributed by atoms with van der Waals surface area (Å²) in [6, 6.07) is 14.9. The predicted octanol–water partition coefficient (Wildman–Crippen LogP) is 3.17. The van der Waals surface area contributed by atoms with E-state index in [1.54, 1.807) is 0 Å². The fourth-order valence-corrected chi connectivity index (χ4v) is 3.92. The number of nitrogens with zero attached hydrogens (tertiary/aromatic N) is 2. The highest BCUT2D eigenvalue weighted by atomic mass is 16.4. The van der Waals surface area contributed by atoms with Gasteiger partial charge in [0.1, 0.15) is 0 Å². The van der Waals surface area contributed by atoms with Crippen LogP contribution in [0.2, 0.25) is 0 Å². The van der Waals surface area contributed by atoms with E-state index in [1.165, 1.54) is 16.3 Å². The average Bonchev–Trinajstić information content (AvgIpc) is 2.92. The first-order valence-electron chi connectivity index (χ1n) is 9.70. The van der Waals surface area contributed by atoms with Gasteiger partial charge >= 0.3 is 5.97 Å². The Hall–Kier alpha value is -2.40. The molecule has 1 aliphatic rings. The summed E-state index contributed by atoms with van der Waals surface area (Å²) in [7, 11) is 1.86. The summed E-state index contributed by atoms with van der Waals surface area (Å²) in [5.74, 6) is -0.602. The normalized spacial score (nSPS) is 17.9. The first-order chi connectivity index (χ1) is 13.0. The van der Waals surface area contributed by atoms with Crippen LogP contribution in [0.4, 0.5) is 0 Å². The van der Waals surface area contributed by atoms with Gasteiger partial charge in [-0.25, -0.2) is 0 Å². The third-order valence-corrected chi connectivity index (χ3v) is 5.50. The van der Waals surface area contributed by atoms with Gasteiger partial charge in [-0.05, 0) is 49.1 Å². The van der Waals surface area contributed by atoms with Crippen LogP contribution in [-0.2, 0) is 16.0 Å². The van der Waals surface area contributed by atoms with Gasteiger partial charge in [-0.3, -0.25) is 14.5 Å². The number of carboxylic acid groups (broad SMARTS) is 1. The summed E-state index contributed by atoms with van der Waals surface area (Å²) >= 11 is 0. The minimum absolute atomic E-state index is 0.0561. The maximum absolute atomic E-state index is 12.7. The second-order valence-corrected chi connectivity index (χ2v) is 7.46. The molecule has 27 heavy (non-hydrogen) atoms. The van der Waals surface area contributed by atoms with Gasteiger partial charge in [-0.2, -0.15) is 0 Å². The van der Waals surface area contributed by atoms with Crippen LogP contribution < -0.4 is 0 Å². The molecule has 0 saturated carbocycles. The number of amides is 1. The molecule has 0 aliphatic carbocycles. The van der Waals surface area contributed by atoms with Crippen LogP contribution in [-0.4, -0.2) is 59.5 Å². The van der Waals surface area contributed by atoms with E-state index in [-0.39, 0.29) is 18.5 Å². The van der Waals surface area contributed by atoms with Crippen LogP contribution in [0, 0.1) is 0 Å². The molecule has 1 N–H and O–H groups in total. The molecule has 0 radical (unpaired) electrons. The highest BCUT2D eigenvalue weighted by Crippen LogP contribution is 2.19. The van der Waals surface area contributed by atoms with Gasteiger partial charge in [-0.1, -0.05) is 42.5 Å². The smallest absolute Gasteiger partial charge is 0.317 e. The Kier molecular flexibility index (Phi) is 6.45. The Labute approximate surface area is 160 Å². The van der Waals surface area contributed by atoms with Crippen molar-refractivity contribution in [2.24, 2.45) is 0 Å². The number of hydrogen-bond acceptors (Lipinski definition) is 3. The van der Waals surface area contributed by atoms with Crippen molar-refractivity contribution in [1.29, 1.82) is 0 Å². The summed E-state index contributed by atoms with van der Waals surface area (Å²) < 4.78 is 0. The number of rotatable bonds is 6. The number of carbonyl (C=O) groups excluding carboxylic acids is 1. The van der Waals surface area contributed by atoms with E-state index in [9.17, 15) is 9.59 Å². The summed E-state index contributed by atoms with van der Waals surface area (Å²) in [6.07, 6.45) is 3.98. The third-order valence-electron chi connectivity index (χ3n) is 5.50. The Balaban J connectivity index is 1.52. The predicted molar refractivity (Wildman–Crippen MR) is 107 cm³/mol. The number of carbonyl (C=O) groups is 2. The van der Waals surface area contributed by atoms with Crippen LogP contribution in [0.5, 0.6) is 0 Å². The van der Waals surface area contributed by atoms with Crippen molar-refractivity contribution in [3.8, 4) is 0 Å². The minimum Gasteiger partial charge on any atom is -0.480 e. The van der Waals surface area contributed by atoms with Crippen LogP contribution in [0.1, 0.15) is 31.2 Å². The zero-order chi connectivity index (χ0) is 19.2. The third kappa shape index (κ3) is 5.30. The fraction of sp³-hybridized carbons (Fsp3) is 0.455. The van der Waals surface area contributed by atoms with Crippen LogP contribution in [0.15, 0.2) is 42.5 Å². The van der Waals surface area contributed by atoms with Crippen molar-refractivity contribution >= 4 is 22.6 Å². The molecule has 2 aromatic rings. The molecular weight excluding hydrogens is 340 g/mol. The molecule has 3 rings (SSSR count). The molecule has 1 unspecified atom stereocenters. The Morgan fingerprint density at radius 1 is 1.11 bits per heavy atom. The molecule has 1 amide bonds. The first kappa shape index (κ1) is 19.4. The van der Waals surface area contributed by atoms with Gasteiger partial charge in [0.2, 0.25) is 5.91 Å². The molecule has 5 heteroatoms. The largest absolute Gasteiger partial charge is 0.480 e. The van der Waals surface area contributed by atoms with E-state index >= 15 is 0 Å². The second kappa shape index (κ2) is 9.00. The molecule has 2 aromatic carbocycles. The van der Waals surface area contributed by atoms with Crippen LogP contribution >= 0.6 is 0 Å². The number of benzene rings is 2. The van der Waals surface area contributed by atoms with E-state index in [2.05, 4.69) is 30.3 Å².